The van der Waals surface area contributed by atoms with Gasteiger partial charge in [-0.05, 0) is 19.1 Å². The van der Waals surface area contributed by atoms with Crippen LogP contribution in [-0.4, -0.2) is 5.91 Å². The van der Waals surface area contributed by atoms with Gasteiger partial charge in [0.2, 0.25) is 0 Å². The summed E-state index contributed by atoms with van der Waals surface area (Å²) in [5, 5.41) is 2.03. The van der Waals surface area contributed by atoms with E-state index in [0.717, 1.165) is 5.56 Å². The first-order valence-corrected chi connectivity index (χ1v) is 5.79. The predicted octanol–water partition coefficient (Wildman–Crippen LogP) is 0.750. The zero-order valence-corrected chi connectivity index (χ0v) is 8.62. The van der Waals surface area contributed by atoms with Crippen molar-refractivity contribution in [3.05, 3.63) is 35.4 Å². The molecular weight excluding hydrogens is 201 g/mol. The minimum atomic E-state index is -3.50. The Labute approximate surface area is 82.0 Å². The Morgan fingerprint density at radius 2 is 1.79 bits per heavy atom. The third-order valence-corrected chi connectivity index (χ3v) is 2.14. The van der Waals surface area contributed by atoms with E-state index in [-0.39, 0.29) is 0 Å². The van der Waals surface area contributed by atoms with E-state index < -0.39 is 13.5 Å². The van der Waals surface area contributed by atoms with Gasteiger partial charge in [-0.15, -0.1) is 0 Å². The second-order valence-electron chi connectivity index (χ2n) is 3.02. The minimum absolute atomic E-state index is 0.381. The Balaban J connectivity index is 2.81. The second kappa shape index (κ2) is 3.92. The highest BCUT2D eigenvalue weighted by Crippen LogP contribution is 2.18. The van der Waals surface area contributed by atoms with Gasteiger partial charge < -0.3 is 0 Å². The number of carbonyl (C=O) groups is 1. The average Bonchev–Trinajstić information content (AvgIpc) is 2.02. The maximum Gasteiger partial charge on any atom is 0.300 e. The van der Waals surface area contributed by atoms with Crippen LogP contribution < -0.4 is 16.1 Å². The van der Waals surface area contributed by atoms with Crippen molar-refractivity contribution < 1.29 is 9.36 Å². The number of hydrogen-bond acceptors (Lipinski definition) is 2. The summed E-state index contributed by atoms with van der Waals surface area (Å²) in [6.07, 6.45) is 0. The minimum Gasteiger partial charge on any atom is -0.279 e. The molecule has 0 aliphatic heterocycles. The molecule has 1 aromatic carbocycles. The summed E-state index contributed by atoms with van der Waals surface area (Å²) < 4.78 is 10.9. The van der Waals surface area contributed by atoms with E-state index in [1.807, 2.05) is 12.0 Å². The molecule has 14 heavy (non-hydrogen) atoms. The molecular formula is C8H12N3O2P. The quantitative estimate of drug-likeness (QED) is 0.631. The predicted molar refractivity (Wildman–Crippen MR) is 54.6 cm³/mol. The van der Waals surface area contributed by atoms with Crippen molar-refractivity contribution >= 4 is 13.5 Å². The van der Waals surface area contributed by atoms with Crippen molar-refractivity contribution in [3.8, 4) is 0 Å². The van der Waals surface area contributed by atoms with Crippen molar-refractivity contribution in [2.45, 2.75) is 6.92 Å². The zero-order valence-electron chi connectivity index (χ0n) is 7.73. The Kier molecular flexibility index (Phi) is 3.06. The number of nitrogens with two attached hydrogens (primary N) is 2. The van der Waals surface area contributed by atoms with Crippen LogP contribution in [0.15, 0.2) is 24.3 Å². The number of amides is 1. The lowest BCUT2D eigenvalue weighted by Crippen LogP contribution is -2.28. The molecule has 5 nitrogen and oxygen atoms in total. The number of carbonyl (C=O) groups excluding carboxylic acids is 1. The molecule has 0 radical (unpaired) electrons. The van der Waals surface area contributed by atoms with E-state index in [2.05, 4.69) is 0 Å². The maximum atomic E-state index is 11.3. The van der Waals surface area contributed by atoms with Gasteiger partial charge in [-0.3, -0.25) is 25.5 Å². The summed E-state index contributed by atoms with van der Waals surface area (Å²) in [6.45, 7) is 1.90. The Morgan fingerprint density at radius 3 is 2.21 bits per heavy atom. The van der Waals surface area contributed by atoms with Crippen LogP contribution in [-0.2, 0) is 4.57 Å². The normalized spacial score (nSPS) is 11.1. The summed E-state index contributed by atoms with van der Waals surface area (Å²) in [4.78, 5) is 11.3. The maximum absolute atomic E-state index is 11.3. The highest BCUT2D eigenvalue weighted by Gasteiger charge is 2.13. The van der Waals surface area contributed by atoms with Crippen LogP contribution in [0.4, 0.5) is 0 Å². The molecule has 0 aliphatic carbocycles. The molecule has 0 aromatic heterocycles. The number of rotatable bonds is 2. The fourth-order valence-corrected chi connectivity index (χ4v) is 1.37. The first-order chi connectivity index (χ1) is 6.38. The van der Waals surface area contributed by atoms with Crippen molar-refractivity contribution in [2.75, 3.05) is 0 Å². The summed E-state index contributed by atoms with van der Waals surface area (Å²) in [5.41, 5.74) is 11.4. The van der Waals surface area contributed by atoms with Gasteiger partial charge in [-0.2, -0.15) is 0 Å². The van der Waals surface area contributed by atoms with E-state index in [1.54, 1.807) is 24.3 Å². The molecule has 0 atom stereocenters. The Bertz CT molecular complexity index is 382. The molecule has 0 saturated carbocycles. The van der Waals surface area contributed by atoms with Crippen LogP contribution in [0.25, 0.3) is 0 Å². The highest BCUT2D eigenvalue weighted by atomic mass is 31.2. The third-order valence-electron chi connectivity index (χ3n) is 1.59. The molecule has 76 valence electrons. The topological polar surface area (TPSA) is 98.2 Å². The molecule has 5 N–H and O–H groups in total. The van der Waals surface area contributed by atoms with Crippen LogP contribution in [0.5, 0.6) is 0 Å². The van der Waals surface area contributed by atoms with Crippen LogP contribution in [0.2, 0.25) is 0 Å². The van der Waals surface area contributed by atoms with Gasteiger partial charge in [0, 0.05) is 5.56 Å². The molecule has 0 spiro atoms. The van der Waals surface area contributed by atoms with Gasteiger partial charge in [0.15, 0.2) is 0 Å². The lowest BCUT2D eigenvalue weighted by Gasteiger charge is -2.08. The van der Waals surface area contributed by atoms with Gasteiger partial charge in [0.05, 0.1) is 0 Å². The van der Waals surface area contributed by atoms with Crippen LogP contribution >= 0.6 is 7.59 Å². The first-order valence-electron chi connectivity index (χ1n) is 3.95. The van der Waals surface area contributed by atoms with Crippen LogP contribution in [0.1, 0.15) is 15.9 Å². The van der Waals surface area contributed by atoms with Crippen molar-refractivity contribution in [1.82, 2.24) is 5.09 Å². The fraction of sp³-hybridized carbons (Fsp3) is 0.125. The number of benzene rings is 1. The van der Waals surface area contributed by atoms with Crippen LogP contribution in [0.3, 0.4) is 0 Å². The molecule has 1 aromatic rings. The molecule has 0 fully saturated rings. The first kappa shape index (κ1) is 10.9. The van der Waals surface area contributed by atoms with E-state index in [4.69, 9.17) is 11.0 Å². The van der Waals surface area contributed by atoms with E-state index in [1.165, 1.54) is 0 Å². The second-order valence-corrected chi connectivity index (χ2v) is 4.66. The monoisotopic (exact) mass is 213 g/mol. The van der Waals surface area contributed by atoms with Gasteiger partial charge in [-0.1, -0.05) is 17.7 Å². The number of nitrogens with one attached hydrogen (secondary N) is 1. The molecule has 0 unspecified atom stereocenters. The smallest absolute Gasteiger partial charge is 0.279 e. The van der Waals surface area contributed by atoms with Gasteiger partial charge in [0.25, 0.3) is 5.91 Å². The fourth-order valence-electron chi connectivity index (χ4n) is 0.928. The lowest BCUT2D eigenvalue weighted by atomic mass is 10.1. The zero-order chi connectivity index (χ0) is 10.8. The summed E-state index contributed by atoms with van der Waals surface area (Å²) in [7, 11) is -3.50. The SMILES string of the molecule is Cc1ccc(C(=O)NP(N)(N)=O)cc1. The van der Waals surface area contributed by atoms with E-state index in [9.17, 15) is 9.36 Å². The van der Waals surface area contributed by atoms with E-state index in [0.29, 0.717) is 5.56 Å². The molecule has 1 amide bonds. The van der Waals surface area contributed by atoms with Crippen molar-refractivity contribution in [2.24, 2.45) is 11.0 Å². The highest BCUT2D eigenvalue weighted by molar-refractivity contribution is 7.57. The molecule has 0 bridgehead atoms. The summed E-state index contributed by atoms with van der Waals surface area (Å²) >= 11 is 0. The molecule has 6 heteroatoms. The Hall–Kier alpha value is -1.16. The van der Waals surface area contributed by atoms with Gasteiger partial charge in [-0.25, -0.2) is 0 Å². The van der Waals surface area contributed by atoms with E-state index >= 15 is 0 Å². The van der Waals surface area contributed by atoms with Crippen molar-refractivity contribution in [3.63, 3.8) is 0 Å². The van der Waals surface area contributed by atoms with Gasteiger partial charge >= 0.3 is 7.59 Å². The number of aryl methyl sites for hydroxylation is 1. The molecule has 0 aliphatic rings. The number of hydrogen-bond donors (Lipinski definition) is 3. The standard InChI is InChI=1S/C8H12N3O2P/c1-6-2-4-7(5-3-6)8(12)11-14(9,10)13/h2-5H,1H3,(H5,9,10,11,12,13). The summed E-state index contributed by atoms with van der Waals surface area (Å²) in [5.74, 6) is -0.529. The van der Waals surface area contributed by atoms with Crippen molar-refractivity contribution in [1.29, 1.82) is 0 Å². The Morgan fingerprint density at radius 1 is 1.29 bits per heavy atom. The average molecular weight is 213 g/mol. The van der Waals surface area contributed by atoms with Gasteiger partial charge in [0.1, 0.15) is 0 Å². The largest absolute Gasteiger partial charge is 0.300 e. The molecule has 0 saturated heterocycles. The lowest BCUT2D eigenvalue weighted by molar-refractivity contribution is 0.0980. The molecule has 1 rings (SSSR count). The summed E-state index contributed by atoms with van der Waals surface area (Å²) in [6, 6.07) is 6.76. The molecule has 0 heterocycles. The third kappa shape index (κ3) is 3.30. The van der Waals surface area contributed by atoms with Crippen LogP contribution in [0, 0.1) is 6.92 Å².